The molecular weight excluding hydrogens is 254 g/mol. The van der Waals surface area contributed by atoms with E-state index in [1.54, 1.807) is 6.07 Å². The van der Waals surface area contributed by atoms with Crippen LogP contribution in [0.4, 0.5) is 5.69 Å². The molecule has 3 N–H and O–H groups in total. The molecule has 1 heterocycles. The molecule has 0 spiro atoms. The van der Waals surface area contributed by atoms with E-state index in [2.05, 4.69) is 48.4 Å². The van der Waals surface area contributed by atoms with Gasteiger partial charge in [0, 0.05) is 24.3 Å². The molecule has 0 aliphatic heterocycles. The van der Waals surface area contributed by atoms with E-state index in [0.29, 0.717) is 6.54 Å². The first-order valence-electron chi connectivity index (χ1n) is 6.54. The maximum atomic E-state index is 11.6. The number of amides is 1. The predicted octanol–water partition coefficient (Wildman–Crippen LogP) is 2.22. The van der Waals surface area contributed by atoms with Crippen LogP contribution in [0, 0.1) is 6.92 Å². The van der Waals surface area contributed by atoms with Gasteiger partial charge in [-0.3, -0.25) is 10.2 Å². The maximum Gasteiger partial charge on any atom is 0.301 e. The number of carbonyl (C=O) groups is 1. The Morgan fingerprint density at radius 1 is 1.30 bits per heavy atom. The monoisotopic (exact) mass is 273 g/mol. The van der Waals surface area contributed by atoms with Crippen molar-refractivity contribution in [3.8, 4) is 0 Å². The van der Waals surface area contributed by atoms with Crippen molar-refractivity contribution in [1.82, 2.24) is 5.43 Å². The van der Waals surface area contributed by atoms with Gasteiger partial charge in [0.2, 0.25) is 0 Å². The van der Waals surface area contributed by atoms with Gasteiger partial charge in [0.05, 0.1) is 6.26 Å². The van der Waals surface area contributed by atoms with E-state index in [1.807, 2.05) is 0 Å². The molecule has 20 heavy (non-hydrogen) atoms. The van der Waals surface area contributed by atoms with Crippen LogP contribution in [-0.4, -0.2) is 12.5 Å². The van der Waals surface area contributed by atoms with Gasteiger partial charge < -0.3 is 9.32 Å². The summed E-state index contributed by atoms with van der Waals surface area (Å²) in [7, 11) is 0. The van der Waals surface area contributed by atoms with Gasteiger partial charge in [0.1, 0.15) is 0 Å². The number of anilines is 1. The van der Waals surface area contributed by atoms with Crippen molar-refractivity contribution in [3.63, 3.8) is 0 Å². The number of hydrogen-bond donors (Lipinski definition) is 2. The van der Waals surface area contributed by atoms with Crippen LogP contribution in [0.2, 0.25) is 0 Å². The van der Waals surface area contributed by atoms with Gasteiger partial charge in [-0.15, -0.1) is 0 Å². The Balaban J connectivity index is 2.20. The Kier molecular flexibility index (Phi) is 4.42. The smallest absolute Gasteiger partial charge is 0.301 e. The Bertz CT molecular complexity index is 575. The molecule has 2 aromatic rings. The van der Waals surface area contributed by atoms with E-state index in [0.717, 1.165) is 17.8 Å². The second-order valence-corrected chi connectivity index (χ2v) is 4.60. The SMILES string of the molecule is CCN(Cc1ccoc1C(=O)NN)c1ccc(C)cc1. The molecule has 0 unspecified atom stereocenters. The van der Waals surface area contributed by atoms with Crippen molar-refractivity contribution in [3.05, 3.63) is 53.5 Å². The Hall–Kier alpha value is -2.27. The number of nitrogen functional groups attached to an aromatic ring is 1. The lowest BCUT2D eigenvalue weighted by atomic mass is 10.2. The molecule has 0 saturated heterocycles. The molecule has 0 radical (unpaired) electrons. The van der Waals surface area contributed by atoms with Crippen molar-refractivity contribution in [2.45, 2.75) is 20.4 Å². The first-order valence-corrected chi connectivity index (χ1v) is 6.54. The predicted molar refractivity (Wildman–Crippen MR) is 78.3 cm³/mol. The lowest BCUT2D eigenvalue weighted by molar-refractivity contribution is 0.0924. The third-order valence-corrected chi connectivity index (χ3v) is 3.23. The third-order valence-electron chi connectivity index (χ3n) is 3.23. The van der Waals surface area contributed by atoms with Crippen LogP contribution in [0.5, 0.6) is 0 Å². The molecule has 0 fully saturated rings. The minimum absolute atomic E-state index is 0.262. The highest BCUT2D eigenvalue weighted by Gasteiger charge is 2.16. The molecule has 5 nitrogen and oxygen atoms in total. The number of nitrogens with two attached hydrogens (primary N) is 1. The number of aryl methyl sites for hydroxylation is 1. The summed E-state index contributed by atoms with van der Waals surface area (Å²) in [4.78, 5) is 13.8. The Labute approximate surface area is 118 Å². The van der Waals surface area contributed by atoms with E-state index < -0.39 is 5.91 Å². The van der Waals surface area contributed by atoms with E-state index in [4.69, 9.17) is 10.3 Å². The molecule has 106 valence electrons. The summed E-state index contributed by atoms with van der Waals surface area (Å²) >= 11 is 0. The fourth-order valence-electron chi connectivity index (χ4n) is 2.07. The van der Waals surface area contributed by atoms with Gasteiger partial charge in [0.15, 0.2) is 5.76 Å². The number of hydrazine groups is 1. The second kappa shape index (κ2) is 6.25. The summed E-state index contributed by atoms with van der Waals surface area (Å²) in [5.41, 5.74) is 5.24. The van der Waals surface area contributed by atoms with Gasteiger partial charge in [-0.05, 0) is 32.0 Å². The van der Waals surface area contributed by atoms with Gasteiger partial charge in [0.25, 0.3) is 0 Å². The summed E-state index contributed by atoms with van der Waals surface area (Å²) in [6, 6.07) is 10.1. The van der Waals surface area contributed by atoms with E-state index >= 15 is 0 Å². The largest absolute Gasteiger partial charge is 0.459 e. The number of benzene rings is 1. The van der Waals surface area contributed by atoms with Crippen LogP contribution in [0.3, 0.4) is 0 Å². The highest BCUT2D eigenvalue weighted by atomic mass is 16.3. The van der Waals surface area contributed by atoms with E-state index in [9.17, 15) is 4.79 Å². The Morgan fingerprint density at radius 3 is 2.60 bits per heavy atom. The number of hydrogen-bond acceptors (Lipinski definition) is 4. The average molecular weight is 273 g/mol. The summed E-state index contributed by atoms with van der Waals surface area (Å²) in [5.74, 6) is 5.00. The minimum Gasteiger partial charge on any atom is -0.459 e. The van der Waals surface area contributed by atoms with Crippen LogP contribution < -0.4 is 16.2 Å². The molecule has 0 aliphatic rings. The van der Waals surface area contributed by atoms with Crippen LogP contribution in [-0.2, 0) is 6.54 Å². The zero-order valence-electron chi connectivity index (χ0n) is 11.7. The number of rotatable bonds is 5. The fourth-order valence-corrected chi connectivity index (χ4v) is 2.07. The van der Waals surface area contributed by atoms with Crippen LogP contribution in [0.1, 0.15) is 28.6 Å². The topological polar surface area (TPSA) is 71.5 Å². The molecule has 0 aliphatic carbocycles. The first kappa shape index (κ1) is 14.1. The van der Waals surface area contributed by atoms with Crippen molar-refractivity contribution < 1.29 is 9.21 Å². The van der Waals surface area contributed by atoms with Crippen LogP contribution in [0.15, 0.2) is 41.0 Å². The van der Waals surface area contributed by atoms with Gasteiger partial charge in [-0.25, -0.2) is 5.84 Å². The highest BCUT2D eigenvalue weighted by molar-refractivity contribution is 5.92. The van der Waals surface area contributed by atoms with Crippen molar-refractivity contribution in [1.29, 1.82) is 0 Å². The number of nitrogens with zero attached hydrogens (tertiary/aromatic N) is 1. The molecule has 1 amide bonds. The van der Waals surface area contributed by atoms with Crippen molar-refractivity contribution >= 4 is 11.6 Å². The zero-order valence-corrected chi connectivity index (χ0v) is 11.7. The minimum atomic E-state index is -0.412. The summed E-state index contributed by atoms with van der Waals surface area (Å²) in [6.07, 6.45) is 1.50. The van der Waals surface area contributed by atoms with Crippen LogP contribution in [0.25, 0.3) is 0 Å². The normalized spacial score (nSPS) is 10.3. The molecule has 1 aromatic heterocycles. The summed E-state index contributed by atoms with van der Waals surface area (Å²) < 4.78 is 5.20. The first-order chi connectivity index (χ1) is 9.65. The summed E-state index contributed by atoms with van der Waals surface area (Å²) in [5, 5.41) is 0. The standard InChI is InChI=1S/C15H19N3O2/c1-3-18(13-6-4-11(2)5-7-13)10-12-8-9-20-14(12)15(19)17-16/h4-9H,3,10,16H2,1-2H3,(H,17,19). The molecule has 0 saturated carbocycles. The second-order valence-electron chi connectivity index (χ2n) is 4.60. The van der Waals surface area contributed by atoms with Crippen LogP contribution >= 0.6 is 0 Å². The molecular formula is C15H19N3O2. The molecule has 5 heteroatoms. The average Bonchev–Trinajstić information content (AvgIpc) is 2.93. The lowest BCUT2D eigenvalue weighted by Gasteiger charge is -2.23. The quantitative estimate of drug-likeness (QED) is 0.498. The fraction of sp³-hybridized carbons (Fsp3) is 0.267. The van der Waals surface area contributed by atoms with Gasteiger partial charge in [-0.1, -0.05) is 17.7 Å². The maximum absolute atomic E-state index is 11.6. The molecule has 0 bridgehead atoms. The van der Waals surface area contributed by atoms with Crippen molar-refractivity contribution in [2.75, 3.05) is 11.4 Å². The number of furan rings is 1. The summed E-state index contributed by atoms with van der Waals surface area (Å²) in [6.45, 7) is 5.55. The Morgan fingerprint density at radius 2 is 2.00 bits per heavy atom. The number of carbonyl (C=O) groups excluding carboxylic acids is 1. The van der Waals surface area contributed by atoms with E-state index in [-0.39, 0.29) is 5.76 Å². The molecule has 2 rings (SSSR count). The zero-order chi connectivity index (χ0) is 14.5. The van der Waals surface area contributed by atoms with Crippen molar-refractivity contribution in [2.24, 2.45) is 5.84 Å². The highest BCUT2D eigenvalue weighted by Crippen LogP contribution is 2.20. The number of nitrogens with one attached hydrogen (secondary N) is 1. The van der Waals surface area contributed by atoms with Gasteiger partial charge >= 0.3 is 5.91 Å². The lowest BCUT2D eigenvalue weighted by Crippen LogP contribution is -2.31. The van der Waals surface area contributed by atoms with Gasteiger partial charge in [-0.2, -0.15) is 0 Å². The third kappa shape index (κ3) is 3.00. The molecule has 1 aromatic carbocycles. The molecule has 0 atom stereocenters. The van der Waals surface area contributed by atoms with E-state index in [1.165, 1.54) is 11.8 Å².